The Morgan fingerprint density at radius 2 is 2.25 bits per heavy atom. The summed E-state index contributed by atoms with van der Waals surface area (Å²) in [5.41, 5.74) is 0.841. The first-order valence-electron chi connectivity index (χ1n) is 5.34. The van der Waals surface area contributed by atoms with Gasteiger partial charge in [-0.3, -0.25) is 0 Å². The molecule has 3 nitrogen and oxygen atoms in total. The topological polar surface area (TPSA) is 49.3 Å². The van der Waals surface area contributed by atoms with Crippen molar-refractivity contribution in [2.75, 3.05) is 5.32 Å². The normalized spacial score (nSPS) is 12.2. The van der Waals surface area contributed by atoms with Gasteiger partial charge in [0, 0.05) is 16.8 Å². The highest BCUT2D eigenvalue weighted by molar-refractivity contribution is 6.31. The van der Waals surface area contributed by atoms with Crippen LogP contribution in [0.25, 0.3) is 0 Å². The van der Waals surface area contributed by atoms with E-state index >= 15 is 0 Å². The van der Waals surface area contributed by atoms with Gasteiger partial charge in [-0.2, -0.15) is 0 Å². The van der Waals surface area contributed by atoms with Crippen molar-refractivity contribution in [3.8, 4) is 0 Å². The van der Waals surface area contributed by atoms with E-state index < -0.39 is 5.97 Å². The van der Waals surface area contributed by atoms with Crippen molar-refractivity contribution in [3.05, 3.63) is 28.8 Å². The van der Waals surface area contributed by atoms with E-state index in [0.717, 1.165) is 12.8 Å². The lowest BCUT2D eigenvalue weighted by atomic mass is 10.1. The Balaban J connectivity index is 2.90. The second-order valence-electron chi connectivity index (χ2n) is 3.83. The lowest BCUT2D eigenvalue weighted by Crippen LogP contribution is -2.16. The van der Waals surface area contributed by atoms with Crippen molar-refractivity contribution in [1.82, 2.24) is 0 Å². The first-order valence-corrected chi connectivity index (χ1v) is 5.71. The molecule has 0 saturated carbocycles. The molecule has 1 rings (SSSR count). The van der Waals surface area contributed by atoms with Gasteiger partial charge in [0.2, 0.25) is 0 Å². The molecule has 0 aliphatic heterocycles. The smallest absolute Gasteiger partial charge is 0.337 e. The van der Waals surface area contributed by atoms with Crippen molar-refractivity contribution in [2.45, 2.75) is 32.7 Å². The zero-order valence-electron chi connectivity index (χ0n) is 9.46. The molecule has 1 aromatic rings. The number of rotatable bonds is 5. The maximum absolute atomic E-state index is 11.0. The Morgan fingerprint density at radius 1 is 1.56 bits per heavy atom. The number of anilines is 1. The summed E-state index contributed by atoms with van der Waals surface area (Å²) < 4.78 is 0. The van der Waals surface area contributed by atoms with E-state index in [1.54, 1.807) is 12.1 Å². The van der Waals surface area contributed by atoms with Gasteiger partial charge in [0.05, 0.1) is 5.56 Å². The summed E-state index contributed by atoms with van der Waals surface area (Å²) in [7, 11) is 0. The van der Waals surface area contributed by atoms with Gasteiger partial charge < -0.3 is 10.4 Å². The van der Waals surface area contributed by atoms with Crippen molar-refractivity contribution < 1.29 is 9.90 Å². The predicted molar refractivity (Wildman–Crippen MR) is 66.4 cm³/mol. The summed E-state index contributed by atoms with van der Waals surface area (Å²) in [4.78, 5) is 11.0. The molecular formula is C12H16ClNO2. The minimum atomic E-state index is -0.964. The number of hydrogen-bond acceptors (Lipinski definition) is 2. The van der Waals surface area contributed by atoms with E-state index in [9.17, 15) is 4.79 Å². The number of halogens is 1. The van der Waals surface area contributed by atoms with Crippen molar-refractivity contribution in [1.29, 1.82) is 0 Å². The monoisotopic (exact) mass is 241 g/mol. The highest BCUT2D eigenvalue weighted by Gasteiger charge is 2.12. The third kappa shape index (κ3) is 3.42. The number of benzene rings is 1. The van der Waals surface area contributed by atoms with E-state index in [0.29, 0.717) is 10.7 Å². The van der Waals surface area contributed by atoms with Crippen LogP contribution < -0.4 is 5.32 Å². The molecule has 0 aliphatic rings. The molecule has 1 atom stereocenters. The fraction of sp³-hybridized carbons (Fsp3) is 0.417. The van der Waals surface area contributed by atoms with E-state index in [1.165, 1.54) is 6.07 Å². The molecule has 4 heteroatoms. The predicted octanol–water partition coefficient (Wildman–Crippen LogP) is 3.64. The largest absolute Gasteiger partial charge is 0.478 e. The average molecular weight is 242 g/mol. The number of nitrogens with one attached hydrogen (secondary N) is 1. The van der Waals surface area contributed by atoms with Gasteiger partial charge in [-0.1, -0.05) is 24.9 Å². The summed E-state index contributed by atoms with van der Waals surface area (Å²) >= 11 is 5.77. The first-order chi connectivity index (χ1) is 7.54. The molecule has 2 N–H and O–H groups in total. The average Bonchev–Trinajstić information content (AvgIpc) is 2.20. The number of aromatic carboxylic acids is 1. The van der Waals surface area contributed by atoms with Crippen LogP contribution in [-0.4, -0.2) is 17.1 Å². The number of carboxylic acid groups (broad SMARTS) is 1. The van der Waals surface area contributed by atoms with E-state index in [-0.39, 0.29) is 11.6 Å². The van der Waals surface area contributed by atoms with E-state index in [1.807, 2.05) is 6.92 Å². The first kappa shape index (κ1) is 12.8. The third-order valence-electron chi connectivity index (χ3n) is 2.34. The van der Waals surface area contributed by atoms with Crippen LogP contribution in [0.4, 0.5) is 5.69 Å². The van der Waals surface area contributed by atoms with E-state index in [2.05, 4.69) is 12.2 Å². The fourth-order valence-corrected chi connectivity index (χ4v) is 1.76. The van der Waals surface area contributed by atoms with Gasteiger partial charge in [0.15, 0.2) is 0 Å². The zero-order valence-corrected chi connectivity index (χ0v) is 10.2. The van der Waals surface area contributed by atoms with Gasteiger partial charge in [0.25, 0.3) is 0 Å². The minimum Gasteiger partial charge on any atom is -0.478 e. The Morgan fingerprint density at radius 3 is 2.81 bits per heavy atom. The standard InChI is InChI=1S/C12H16ClNO2/c1-3-4-8(2)14-11-6-5-9(13)7-10(11)12(15)16/h5-8,14H,3-4H2,1-2H3,(H,15,16). The fourth-order valence-electron chi connectivity index (χ4n) is 1.59. The van der Waals surface area contributed by atoms with Gasteiger partial charge in [0.1, 0.15) is 0 Å². The van der Waals surface area contributed by atoms with Crippen molar-refractivity contribution in [3.63, 3.8) is 0 Å². The van der Waals surface area contributed by atoms with Crippen LogP contribution in [0.1, 0.15) is 37.0 Å². The summed E-state index contributed by atoms with van der Waals surface area (Å²) in [5.74, 6) is -0.964. The van der Waals surface area contributed by atoms with Crippen LogP contribution in [-0.2, 0) is 0 Å². The molecule has 0 radical (unpaired) electrons. The summed E-state index contributed by atoms with van der Waals surface area (Å²) in [5, 5.41) is 12.7. The molecule has 88 valence electrons. The summed E-state index contributed by atoms with van der Waals surface area (Å²) in [6.07, 6.45) is 2.06. The Kier molecular flexibility index (Phi) is 4.62. The molecule has 0 saturated heterocycles. The second kappa shape index (κ2) is 5.75. The molecule has 1 aromatic carbocycles. The van der Waals surface area contributed by atoms with E-state index in [4.69, 9.17) is 16.7 Å². The van der Waals surface area contributed by atoms with Crippen LogP contribution >= 0.6 is 11.6 Å². The molecule has 0 amide bonds. The molecule has 0 bridgehead atoms. The molecule has 0 aliphatic carbocycles. The molecule has 16 heavy (non-hydrogen) atoms. The van der Waals surface area contributed by atoms with Crippen LogP contribution in [0.15, 0.2) is 18.2 Å². The summed E-state index contributed by atoms with van der Waals surface area (Å²) in [6.45, 7) is 4.13. The SMILES string of the molecule is CCCC(C)Nc1ccc(Cl)cc1C(=O)O. The van der Waals surface area contributed by atoms with Gasteiger partial charge in [-0.25, -0.2) is 4.79 Å². The Bertz CT molecular complexity index is 379. The van der Waals surface area contributed by atoms with Crippen LogP contribution in [0.5, 0.6) is 0 Å². The molecule has 0 fully saturated rings. The molecule has 1 unspecified atom stereocenters. The maximum atomic E-state index is 11.0. The van der Waals surface area contributed by atoms with Crippen LogP contribution in [0, 0.1) is 0 Å². The Hall–Kier alpha value is -1.22. The maximum Gasteiger partial charge on any atom is 0.337 e. The van der Waals surface area contributed by atoms with Crippen LogP contribution in [0.2, 0.25) is 5.02 Å². The molecule has 0 aromatic heterocycles. The number of carbonyl (C=O) groups is 1. The third-order valence-corrected chi connectivity index (χ3v) is 2.57. The zero-order chi connectivity index (χ0) is 12.1. The van der Waals surface area contributed by atoms with Crippen molar-refractivity contribution in [2.24, 2.45) is 0 Å². The van der Waals surface area contributed by atoms with Gasteiger partial charge in [-0.15, -0.1) is 0 Å². The second-order valence-corrected chi connectivity index (χ2v) is 4.27. The number of carboxylic acids is 1. The quantitative estimate of drug-likeness (QED) is 0.828. The molecule has 0 heterocycles. The van der Waals surface area contributed by atoms with Gasteiger partial charge >= 0.3 is 5.97 Å². The van der Waals surface area contributed by atoms with Crippen molar-refractivity contribution >= 4 is 23.3 Å². The lowest BCUT2D eigenvalue weighted by molar-refractivity contribution is 0.0698. The highest BCUT2D eigenvalue weighted by Crippen LogP contribution is 2.22. The minimum absolute atomic E-state index is 0.218. The molecular weight excluding hydrogens is 226 g/mol. The van der Waals surface area contributed by atoms with Gasteiger partial charge in [-0.05, 0) is 31.5 Å². The summed E-state index contributed by atoms with van der Waals surface area (Å²) in [6, 6.07) is 5.11. The Labute approximate surface area is 100 Å². The number of hydrogen-bond donors (Lipinski definition) is 2. The van der Waals surface area contributed by atoms with Crippen LogP contribution in [0.3, 0.4) is 0 Å². The lowest BCUT2D eigenvalue weighted by Gasteiger charge is -2.16. The molecule has 0 spiro atoms. The highest BCUT2D eigenvalue weighted by atomic mass is 35.5.